The summed E-state index contributed by atoms with van der Waals surface area (Å²) >= 11 is 3.13. The maximum atomic E-state index is 14.0. The minimum Gasteiger partial charge on any atom is -0.384 e. The zero-order valence-corrected chi connectivity index (χ0v) is 10.9. The van der Waals surface area contributed by atoms with Crippen LogP contribution in [-0.4, -0.2) is 19.4 Å². The van der Waals surface area contributed by atoms with E-state index < -0.39 is 0 Å². The molecule has 0 saturated heterocycles. The molecule has 88 valence electrons. The molecule has 0 aliphatic rings. The monoisotopic (exact) mass is 287 g/mol. The van der Waals surface area contributed by atoms with Gasteiger partial charge in [-0.3, -0.25) is 5.41 Å². The van der Waals surface area contributed by atoms with Gasteiger partial charge in [-0.25, -0.2) is 4.39 Å². The van der Waals surface area contributed by atoms with Crippen LogP contribution in [0, 0.1) is 11.2 Å². The highest BCUT2D eigenvalue weighted by molar-refractivity contribution is 9.10. The summed E-state index contributed by atoms with van der Waals surface area (Å²) in [5, 5.41) is 7.30. The normalized spacial score (nSPS) is 10.2. The number of benzene rings is 1. The molecule has 0 atom stereocenters. The second kappa shape index (κ2) is 5.30. The minimum absolute atomic E-state index is 0.143. The number of nitrogen functional groups attached to an aromatic ring is 1. The number of hydrogen-bond donors (Lipinski definition) is 2. The molecule has 0 saturated carbocycles. The molecule has 0 aliphatic heterocycles. The molecular formula is C11H15BrFN3. The second-order valence-corrected chi connectivity index (χ2v) is 4.39. The van der Waals surface area contributed by atoms with Gasteiger partial charge < -0.3 is 10.6 Å². The summed E-state index contributed by atoms with van der Waals surface area (Å²) in [6.07, 6.45) is 0.946. The average molecular weight is 288 g/mol. The third-order valence-electron chi connectivity index (χ3n) is 2.32. The van der Waals surface area contributed by atoms with Crippen LogP contribution in [0.1, 0.15) is 18.9 Å². The van der Waals surface area contributed by atoms with E-state index in [9.17, 15) is 4.39 Å². The van der Waals surface area contributed by atoms with Gasteiger partial charge in [0.05, 0.1) is 10.2 Å². The number of rotatable bonds is 4. The number of nitrogens with one attached hydrogen (secondary N) is 1. The lowest BCUT2D eigenvalue weighted by Gasteiger charge is -2.20. The number of nitrogens with two attached hydrogens (primary N) is 1. The summed E-state index contributed by atoms with van der Waals surface area (Å²) in [6.45, 7) is 2.82. The third kappa shape index (κ3) is 2.52. The van der Waals surface area contributed by atoms with Crippen molar-refractivity contribution in [2.75, 3.05) is 18.5 Å². The molecule has 16 heavy (non-hydrogen) atoms. The lowest BCUT2D eigenvalue weighted by atomic mass is 10.1. The van der Waals surface area contributed by atoms with Gasteiger partial charge in [-0.2, -0.15) is 0 Å². The summed E-state index contributed by atoms with van der Waals surface area (Å²) in [6, 6.07) is 3.30. The van der Waals surface area contributed by atoms with E-state index >= 15 is 0 Å². The van der Waals surface area contributed by atoms with Gasteiger partial charge in [0.1, 0.15) is 5.84 Å². The maximum Gasteiger partial charge on any atom is 0.161 e. The van der Waals surface area contributed by atoms with E-state index in [0.717, 1.165) is 13.0 Å². The van der Waals surface area contributed by atoms with Gasteiger partial charge in [-0.1, -0.05) is 6.92 Å². The maximum absolute atomic E-state index is 14.0. The predicted molar refractivity (Wildman–Crippen MR) is 68.7 cm³/mol. The molecule has 0 unspecified atom stereocenters. The summed E-state index contributed by atoms with van der Waals surface area (Å²) in [5.41, 5.74) is 6.23. The van der Waals surface area contributed by atoms with Gasteiger partial charge in [0.25, 0.3) is 0 Å². The first kappa shape index (κ1) is 13.0. The molecule has 0 fully saturated rings. The van der Waals surface area contributed by atoms with Gasteiger partial charge >= 0.3 is 0 Å². The van der Waals surface area contributed by atoms with E-state index in [1.165, 1.54) is 0 Å². The van der Waals surface area contributed by atoms with Crippen LogP contribution in [0.4, 0.5) is 10.1 Å². The second-order valence-electron chi connectivity index (χ2n) is 3.60. The molecule has 1 aromatic rings. The van der Waals surface area contributed by atoms with Crippen LogP contribution in [0.15, 0.2) is 16.6 Å². The summed E-state index contributed by atoms with van der Waals surface area (Å²) in [4.78, 5) is 1.84. The number of anilines is 1. The number of nitrogens with zero attached hydrogens (tertiary/aromatic N) is 1. The molecule has 5 heteroatoms. The molecule has 3 nitrogen and oxygen atoms in total. The van der Waals surface area contributed by atoms with E-state index in [1.54, 1.807) is 12.1 Å². The zero-order chi connectivity index (χ0) is 12.3. The highest BCUT2D eigenvalue weighted by Crippen LogP contribution is 2.28. The number of halogens is 2. The Morgan fingerprint density at radius 2 is 2.19 bits per heavy atom. The third-order valence-corrected chi connectivity index (χ3v) is 3.10. The van der Waals surface area contributed by atoms with E-state index in [1.807, 2.05) is 18.9 Å². The van der Waals surface area contributed by atoms with Gasteiger partial charge in [-0.15, -0.1) is 0 Å². The Bertz CT molecular complexity index is 406. The molecule has 1 aromatic carbocycles. The first-order valence-electron chi connectivity index (χ1n) is 5.02. The summed E-state index contributed by atoms with van der Waals surface area (Å²) in [5.74, 6) is -0.515. The fourth-order valence-corrected chi connectivity index (χ4v) is 2.05. The molecular weight excluding hydrogens is 273 g/mol. The molecule has 3 N–H and O–H groups in total. The minimum atomic E-state index is -0.372. The standard InChI is InChI=1S/C11H15BrFN3/c1-3-6-16(2)8-5-4-7(11(14)15)9(12)10(8)13/h4-5H,3,6H2,1-2H3,(H3,14,15). The topological polar surface area (TPSA) is 53.1 Å². The van der Waals surface area contributed by atoms with E-state index in [2.05, 4.69) is 15.9 Å². The predicted octanol–water partition coefficient (Wildman–Crippen LogP) is 2.72. The Morgan fingerprint density at radius 1 is 1.56 bits per heavy atom. The molecule has 0 aromatic heterocycles. The summed E-state index contributed by atoms with van der Waals surface area (Å²) < 4.78 is 14.2. The smallest absolute Gasteiger partial charge is 0.161 e. The Morgan fingerprint density at radius 3 is 2.69 bits per heavy atom. The Kier molecular flexibility index (Phi) is 4.29. The largest absolute Gasteiger partial charge is 0.384 e. The van der Waals surface area contributed by atoms with E-state index in [4.69, 9.17) is 11.1 Å². The van der Waals surface area contributed by atoms with Crippen LogP contribution in [0.3, 0.4) is 0 Å². The van der Waals surface area contributed by atoms with Crippen LogP contribution in [0.2, 0.25) is 0 Å². The Balaban J connectivity index is 3.16. The zero-order valence-electron chi connectivity index (χ0n) is 9.35. The van der Waals surface area contributed by atoms with Crippen LogP contribution in [-0.2, 0) is 0 Å². The van der Waals surface area contributed by atoms with Crippen molar-refractivity contribution < 1.29 is 4.39 Å². The van der Waals surface area contributed by atoms with Gasteiger partial charge in [-0.05, 0) is 34.5 Å². The van der Waals surface area contributed by atoms with Crippen LogP contribution in [0.25, 0.3) is 0 Å². The first-order valence-corrected chi connectivity index (χ1v) is 5.81. The lowest BCUT2D eigenvalue weighted by molar-refractivity contribution is 0.615. The van der Waals surface area contributed by atoms with Crippen molar-refractivity contribution in [1.29, 1.82) is 5.41 Å². The lowest BCUT2D eigenvalue weighted by Crippen LogP contribution is -2.20. The van der Waals surface area contributed by atoms with Crippen molar-refractivity contribution in [3.05, 3.63) is 28.0 Å². The highest BCUT2D eigenvalue weighted by Gasteiger charge is 2.14. The van der Waals surface area contributed by atoms with Crippen LogP contribution in [0.5, 0.6) is 0 Å². The van der Waals surface area contributed by atoms with Gasteiger partial charge in [0, 0.05) is 19.2 Å². The molecule has 0 aliphatic carbocycles. The van der Waals surface area contributed by atoms with E-state index in [-0.39, 0.29) is 16.1 Å². The Hall–Kier alpha value is -1.10. The van der Waals surface area contributed by atoms with Gasteiger partial charge in [0.15, 0.2) is 5.82 Å². The van der Waals surface area contributed by atoms with Crippen LogP contribution < -0.4 is 10.6 Å². The van der Waals surface area contributed by atoms with Crippen molar-refractivity contribution >= 4 is 27.5 Å². The number of hydrogen-bond acceptors (Lipinski definition) is 2. The quantitative estimate of drug-likeness (QED) is 0.661. The SMILES string of the molecule is CCCN(C)c1ccc(C(=N)N)c(Br)c1F. The molecule has 0 heterocycles. The average Bonchev–Trinajstić information content (AvgIpc) is 2.21. The van der Waals surface area contributed by atoms with Crippen LogP contribution >= 0.6 is 15.9 Å². The van der Waals surface area contributed by atoms with Crippen molar-refractivity contribution in [2.24, 2.45) is 5.73 Å². The molecule has 1 rings (SSSR count). The molecule has 0 radical (unpaired) electrons. The molecule has 0 bridgehead atoms. The van der Waals surface area contributed by atoms with Crippen molar-refractivity contribution in [3.8, 4) is 0 Å². The molecule has 0 spiro atoms. The van der Waals surface area contributed by atoms with Crippen molar-refractivity contribution in [1.82, 2.24) is 0 Å². The van der Waals surface area contributed by atoms with E-state index in [0.29, 0.717) is 11.3 Å². The van der Waals surface area contributed by atoms with Gasteiger partial charge in [0.2, 0.25) is 0 Å². The Labute approximate surface area is 103 Å². The highest BCUT2D eigenvalue weighted by atomic mass is 79.9. The fourth-order valence-electron chi connectivity index (χ4n) is 1.50. The first-order chi connectivity index (χ1) is 7.49. The van der Waals surface area contributed by atoms with Crippen molar-refractivity contribution in [3.63, 3.8) is 0 Å². The summed E-state index contributed by atoms with van der Waals surface area (Å²) in [7, 11) is 1.84. The molecule has 0 amide bonds. The number of amidine groups is 1. The van der Waals surface area contributed by atoms with Crippen molar-refractivity contribution in [2.45, 2.75) is 13.3 Å². The fraction of sp³-hybridized carbons (Fsp3) is 0.364.